The smallest absolute Gasteiger partial charge is 0.166 e. The minimum Gasteiger partial charge on any atom is -0.365 e. The van der Waals surface area contributed by atoms with Crippen molar-refractivity contribution >= 4 is 0 Å². The predicted octanol–water partition coefficient (Wildman–Crippen LogP) is 2.21. The lowest BCUT2D eigenvalue weighted by molar-refractivity contribution is -0.272. The van der Waals surface area contributed by atoms with E-state index in [1.54, 1.807) is 0 Å². The molecule has 0 aromatic carbocycles. The van der Waals surface area contributed by atoms with E-state index in [2.05, 4.69) is 0 Å². The van der Waals surface area contributed by atoms with Gasteiger partial charge in [-0.2, -0.15) is 0 Å². The zero-order chi connectivity index (χ0) is 8.94. The molecular formula is C11H18O2. The molecule has 2 heteroatoms. The van der Waals surface area contributed by atoms with Gasteiger partial charge in [-0.15, -0.1) is 0 Å². The molecule has 0 unspecified atom stereocenters. The predicted molar refractivity (Wildman–Crippen MR) is 49.2 cm³/mol. The fraction of sp³-hybridized carbons (Fsp3) is 1.00. The molecule has 2 aliphatic heterocycles. The third-order valence-electron chi connectivity index (χ3n) is 4.36. The van der Waals surface area contributed by atoms with E-state index >= 15 is 0 Å². The topological polar surface area (TPSA) is 29.5 Å². The lowest BCUT2D eigenvalue weighted by Gasteiger charge is -2.46. The third kappa shape index (κ3) is 1.08. The fourth-order valence-electron chi connectivity index (χ4n) is 3.62. The number of hydrogen-bond donors (Lipinski definition) is 1. The van der Waals surface area contributed by atoms with Crippen molar-refractivity contribution in [2.24, 2.45) is 5.92 Å². The molecule has 2 nitrogen and oxygen atoms in total. The molecular weight excluding hydrogens is 164 g/mol. The van der Waals surface area contributed by atoms with Gasteiger partial charge in [0.05, 0.1) is 5.60 Å². The maximum Gasteiger partial charge on any atom is 0.166 e. The molecule has 2 bridgehead atoms. The van der Waals surface area contributed by atoms with Crippen LogP contribution in [0, 0.1) is 5.92 Å². The molecule has 2 heterocycles. The summed E-state index contributed by atoms with van der Waals surface area (Å²) in [5.74, 6) is 0.0254. The Bertz CT molecular complexity index is 224. The van der Waals surface area contributed by atoms with E-state index in [1.165, 1.54) is 32.1 Å². The normalized spacial score (nSPS) is 54.7. The average Bonchev–Trinajstić information content (AvgIpc) is 2.38. The fourth-order valence-corrected chi connectivity index (χ4v) is 3.62. The van der Waals surface area contributed by atoms with E-state index < -0.39 is 5.79 Å². The van der Waals surface area contributed by atoms with Gasteiger partial charge in [-0.3, -0.25) is 0 Å². The van der Waals surface area contributed by atoms with E-state index in [0.29, 0.717) is 0 Å². The first-order valence-corrected chi connectivity index (χ1v) is 5.65. The largest absolute Gasteiger partial charge is 0.365 e. The summed E-state index contributed by atoms with van der Waals surface area (Å²) in [7, 11) is 0. The maximum absolute atomic E-state index is 10.0. The molecule has 3 fully saturated rings. The second-order valence-electron chi connectivity index (χ2n) is 5.09. The Morgan fingerprint density at radius 2 is 1.92 bits per heavy atom. The lowest BCUT2D eigenvalue weighted by Crippen LogP contribution is -2.48. The van der Waals surface area contributed by atoms with Gasteiger partial charge in [0.1, 0.15) is 0 Å². The highest BCUT2D eigenvalue weighted by Crippen LogP contribution is 2.55. The van der Waals surface area contributed by atoms with Gasteiger partial charge in [0, 0.05) is 12.8 Å². The van der Waals surface area contributed by atoms with Crippen LogP contribution in [-0.4, -0.2) is 16.5 Å². The first-order chi connectivity index (χ1) is 6.23. The van der Waals surface area contributed by atoms with Crippen molar-refractivity contribution in [2.75, 3.05) is 0 Å². The summed E-state index contributed by atoms with van der Waals surface area (Å²) in [6.07, 6.45) is 9.24. The van der Waals surface area contributed by atoms with Gasteiger partial charge in [-0.05, 0) is 31.6 Å². The minimum atomic E-state index is -0.728. The van der Waals surface area contributed by atoms with E-state index in [-0.39, 0.29) is 5.60 Å². The number of ether oxygens (including phenoxy) is 1. The van der Waals surface area contributed by atoms with Crippen molar-refractivity contribution in [2.45, 2.75) is 62.8 Å². The molecule has 1 spiro atoms. The van der Waals surface area contributed by atoms with Crippen LogP contribution in [0.15, 0.2) is 0 Å². The van der Waals surface area contributed by atoms with Crippen LogP contribution >= 0.6 is 0 Å². The van der Waals surface area contributed by atoms with Crippen molar-refractivity contribution < 1.29 is 9.84 Å². The summed E-state index contributed by atoms with van der Waals surface area (Å²) in [6, 6.07) is 0. The molecule has 13 heavy (non-hydrogen) atoms. The summed E-state index contributed by atoms with van der Waals surface area (Å²) in [5, 5.41) is 10.0. The Hall–Kier alpha value is -0.0800. The van der Waals surface area contributed by atoms with Gasteiger partial charge < -0.3 is 9.84 Å². The zero-order valence-corrected chi connectivity index (χ0v) is 8.09. The summed E-state index contributed by atoms with van der Waals surface area (Å²) < 4.78 is 5.93. The molecule has 1 saturated carbocycles. The molecule has 3 atom stereocenters. The quantitative estimate of drug-likeness (QED) is 0.622. The Labute approximate surface area is 79.3 Å². The van der Waals surface area contributed by atoms with Crippen molar-refractivity contribution in [1.82, 2.24) is 0 Å². The van der Waals surface area contributed by atoms with Crippen LogP contribution in [-0.2, 0) is 4.74 Å². The van der Waals surface area contributed by atoms with Crippen molar-refractivity contribution in [3.8, 4) is 0 Å². The van der Waals surface area contributed by atoms with Crippen LogP contribution in [0.4, 0.5) is 0 Å². The molecule has 1 N–H and O–H groups in total. The highest BCUT2D eigenvalue weighted by Gasteiger charge is 2.56. The van der Waals surface area contributed by atoms with Gasteiger partial charge in [0.25, 0.3) is 0 Å². The first kappa shape index (κ1) is 8.25. The third-order valence-corrected chi connectivity index (χ3v) is 4.36. The first-order valence-electron chi connectivity index (χ1n) is 5.65. The average molecular weight is 182 g/mol. The minimum absolute atomic E-state index is 0.102. The van der Waals surface area contributed by atoms with Gasteiger partial charge >= 0.3 is 0 Å². The van der Waals surface area contributed by atoms with Crippen LogP contribution in [0.3, 0.4) is 0 Å². The monoisotopic (exact) mass is 182 g/mol. The molecule has 0 aromatic heterocycles. The van der Waals surface area contributed by atoms with Crippen molar-refractivity contribution in [3.63, 3.8) is 0 Å². The van der Waals surface area contributed by atoms with Gasteiger partial charge in [0.15, 0.2) is 5.79 Å². The molecule has 3 aliphatic rings. The van der Waals surface area contributed by atoms with Crippen molar-refractivity contribution in [3.05, 3.63) is 0 Å². The van der Waals surface area contributed by atoms with E-state index in [4.69, 9.17) is 4.74 Å². The lowest BCUT2D eigenvalue weighted by atomic mass is 9.72. The standard InChI is InChI=1S/C11H18O2/c12-11-6-4-9-3-1-2-5-10(9,13-11)7-8-11/h9,12H,1-8H2/t9-,10+,11+/m0/s1. The number of aliphatic hydroxyl groups is 1. The van der Waals surface area contributed by atoms with Crippen LogP contribution < -0.4 is 0 Å². The van der Waals surface area contributed by atoms with Gasteiger partial charge in [-0.1, -0.05) is 12.8 Å². The molecule has 1 aliphatic carbocycles. The van der Waals surface area contributed by atoms with E-state index in [0.717, 1.165) is 25.2 Å². The second kappa shape index (κ2) is 2.48. The Kier molecular flexibility index (Phi) is 1.58. The number of rotatable bonds is 0. The highest BCUT2D eigenvalue weighted by molar-refractivity contribution is 5.02. The molecule has 0 amide bonds. The second-order valence-corrected chi connectivity index (χ2v) is 5.09. The van der Waals surface area contributed by atoms with Crippen LogP contribution in [0.1, 0.15) is 51.4 Å². The summed E-state index contributed by atoms with van der Waals surface area (Å²) in [5.41, 5.74) is 0.102. The maximum atomic E-state index is 10.0. The highest BCUT2D eigenvalue weighted by atomic mass is 16.6. The Morgan fingerprint density at radius 1 is 1.00 bits per heavy atom. The van der Waals surface area contributed by atoms with Crippen LogP contribution in [0.5, 0.6) is 0 Å². The van der Waals surface area contributed by atoms with Gasteiger partial charge in [-0.25, -0.2) is 0 Å². The van der Waals surface area contributed by atoms with Gasteiger partial charge in [0.2, 0.25) is 0 Å². The molecule has 74 valence electrons. The van der Waals surface area contributed by atoms with Crippen LogP contribution in [0.2, 0.25) is 0 Å². The zero-order valence-electron chi connectivity index (χ0n) is 8.09. The van der Waals surface area contributed by atoms with Crippen LogP contribution in [0.25, 0.3) is 0 Å². The number of fused-ring (bicyclic) bond motifs is 1. The molecule has 0 aromatic rings. The SMILES string of the molecule is O[C@@]12CC[C@@H]3CCCC[C@]3(CC1)O2. The number of hydrogen-bond acceptors (Lipinski definition) is 2. The molecule has 2 saturated heterocycles. The van der Waals surface area contributed by atoms with Crippen molar-refractivity contribution in [1.29, 1.82) is 0 Å². The Morgan fingerprint density at radius 3 is 2.85 bits per heavy atom. The van der Waals surface area contributed by atoms with E-state index in [9.17, 15) is 5.11 Å². The molecule has 0 radical (unpaired) electrons. The summed E-state index contributed by atoms with van der Waals surface area (Å²) >= 11 is 0. The Balaban J connectivity index is 1.90. The molecule has 3 rings (SSSR count). The van der Waals surface area contributed by atoms with E-state index in [1.807, 2.05) is 0 Å². The summed E-state index contributed by atoms with van der Waals surface area (Å²) in [6.45, 7) is 0. The summed E-state index contributed by atoms with van der Waals surface area (Å²) in [4.78, 5) is 0.